The van der Waals surface area contributed by atoms with Gasteiger partial charge in [-0.25, -0.2) is 9.69 Å². The normalized spacial score (nSPS) is 14.1. The number of ether oxygens (including phenoxy) is 1. The zero-order chi connectivity index (χ0) is 20.7. The molecule has 0 heterocycles. The smallest absolute Gasteiger partial charge is 0.417 e. The second-order valence-electron chi connectivity index (χ2n) is 8.46. The van der Waals surface area contributed by atoms with Crippen LogP contribution in [0.3, 0.4) is 0 Å². The van der Waals surface area contributed by atoms with Crippen molar-refractivity contribution >= 4 is 17.9 Å². The second-order valence-corrected chi connectivity index (χ2v) is 8.46. The number of hydrogen-bond acceptors (Lipinski definition) is 5. The van der Waals surface area contributed by atoms with E-state index in [0.29, 0.717) is 19.4 Å². The number of rotatable bonds is 8. The van der Waals surface area contributed by atoms with Crippen LogP contribution in [0, 0.1) is 11.8 Å². The van der Waals surface area contributed by atoms with Gasteiger partial charge in [-0.15, -0.1) is 0 Å². The Morgan fingerprint density at radius 2 is 1.54 bits per heavy atom. The van der Waals surface area contributed by atoms with Crippen LogP contribution >= 0.6 is 0 Å². The van der Waals surface area contributed by atoms with Gasteiger partial charge in [0, 0.05) is 6.54 Å². The molecule has 26 heavy (non-hydrogen) atoms. The third-order valence-electron chi connectivity index (χ3n) is 3.53. The summed E-state index contributed by atoms with van der Waals surface area (Å²) < 4.78 is 5.40. The maximum atomic E-state index is 13.0. The standard InChI is InChI=1S/C19H37N3O4/c1-9-21-16(23)15(11-13(4)5)22(18(25)26-19(6,7)8)17(24)14(20)10-12(2)3/h12-15H,9-11,20H2,1-8H3,(H,21,23)/t14-,15-/m0/s1. The van der Waals surface area contributed by atoms with Crippen molar-refractivity contribution in [1.82, 2.24) is 10.2 Å². The van der Waals surface area contributed by atoms with Crippen LogP contribution in [0.2, 0.25) is 0 Å². The van der Waals surface area contributed by atoms with Crippen LogP contribution in [0.25, 0.3) is 0 Å². The van der Waals surface area contributed by atoms with E-state index < -0.39 is 29.7 Å². The molecule has 3 N–H and O–H groups in total. The first-order valence-corrected chi connectivity index (χ1v) is 9.39. The summed E-state index contributed by atoms with van der Waals surface area (Å²) in [5, 5.41) is 2.70. The van der Waals surface area contributed by atoms with Gasteiger partial charge in [0.25, 0.3) is 0 Å². The highest BCUT2D eigenvalue weighted by Crippen LogP contribution is 2.19. The van der Waals surface area contributed by atoms with Crippen molar-refractivity contribution in [2.75, 3.05) is 6.54 Å². The van der Waals surface area contributed by atoms with Gasteiger partial charge >= 0.3 is 6.09 Å². The van der Waals surface area contributed by atoms with Gasteiger partial charge in [0.15, 0.2) is 0 Å². The first-order valence-electron chi connectivity index (χ1n) is 9.39. The quantitative estimate of drug-likeness (QED) is 0.683. The van der Waals surface area contributed by atoms with Crippen molar-refractivity contribution in [2.45, 2.75) is 85.9 Å². The average molecular weight is 372 g/mol. The lowest BCUT2D eigenvalue weighted by Gasteiger charge is -2.33. The van der Waals surface area contributed by atoms with E-state index in [-0.39, 0.29) is 17.7 Å². The molecule has 0 aromatic carbocycles. The molecule has 3 amide bonds. The van der Waals surface area contributed by atoms with E-state index in [1.165, 1.54) is 0 Å². The van der Waals surface area contributed by atoms with Gasteiger partial charge in [-0.3, -0.25) is 9.59 Å². The fraction of sp³-hybridized carbons (Fsp3) is 0.842. The van der Waals surface area contributed by atoms with Crippen LogP contribution in [0.1, 0.15) is 68.2 Å². The molecule has 0 aliphatic carbocycles. The number of amides is 3. The van der Waals surface area contributed by atoms with Crippen molar-refractivity contribution in [3.63, 3.8) is 0 Å². The van der Waals surface area contributed by atoms with Crippen LogP contribution in [0.5, 0.6) is 0 Å². The predicted octanol–water partition coefficient (Wildman–Crippen LogP) is 2.67. The fourth-order valence-electron chi connectivity index (χ4n) is 2.54. The maximum Gasteiger partial charge on any atom is 0.417 e. The fourth-order valence-corrected chi connectivity index (χ4v) is 2.54. The molecule has 0 unspecified atom stereocenters. The Balaban J connectivity index is 5.85. The number of likely N-dealkylation sites (N-methyl/N-ethyl adjacent to an activating group) is 1. The second kappa shape index (κ2) is 10.5. The molecule has 0 saturated heterocycles. The highest BCUT2D eigenvalue weighted by Gasteiger charge is 2.39. The van der Waals surface area contributed by atoms with Crippen molar-refractivity contribution in [2.24, 2.45) is 17.6 Å². The summed E-state index contributed by atoms with van der Waals surface area (Å²) in [4.78, 5) is 39.2. The van der Waals surface area contributed by atoms with Gasteiger partial charge in [0.2, 0.25) is 11.8 Å². The topological polar surface area (TPSA) is 102 Å². The Morgan fingerprint density at radius 1 is 1.04 bits per heavy atom. The molecule has 7 heteroatoms. The SMILES string of the molecule is CCNC(=O)[C@H](CC(C)C)N(C(=O)OC(C)(C)C)C(=O)[C@@H](N)CC(C)C. The molecule has 0 fully saturated rings. The Kier molecular flexibility index (Phi) is 9.84. The molecule has 152 valence electrons. The largest absolute Gasteiger partial charge is 0.443 e. The number of imide groups is 1. The van der Waals surface area contributed by atoms with Crippen molar-refractivity contribution in [1.29, 1.82) is 0 Å². The Hall–Kier alpha value is -1.63. The molecular formula is C19H37N3O4. The van der Waals surface area contributed by atoms with Gasteiger partial charge in [-0.1, -0.05) is 27.7 Å². The van der Waals surface area contributed by atoms with Gasteiger partial charge in [-0.05, 0) is 52.4 Å². The molecule has 0 aliphatic heterocycles. The first kappa shape index (κ1) is 24.4. The lowest BCUT2D eigenvalue weighted by atomic mass is 9.99. The molecule has 7 nitrogen and oxygen atoms in total. The van der Waals surface area contributed by atoms with Crippen LogP contribution in [0.4, 0.5) is 4.79 Å². The van der Waals surface area contributed by atoms with E-state index in [9.17, 15) is 14.4 Å². The Bertz CT molecular complexity index is 484. The molecule has 0 radical (unpaired) electrons. The number of carbonyl (C=O) groups excluding carboxylic acids is 3. The predicted molar refractivity (Wildman–Crippen MR) is 102 cm³/mol. The molecule has 0 aliphatic rings. The van der Waals surface area contributed by atoms with E-state index in [4.69, 9.17) is 10.5 Å². The maximum absolute atomic E-state index is 13.0. The molecule has 0 aromatic heterocycles. The highest BCUT2D eigenvalue weighted by atomic mass is 16.6. The molecule has 0 spiro atoms. The van der Waals surface area contributed by atoms with Gasteiger partial charge in [0.05, 0.1) is 6.04 Å². The number of hydrogen-bond donors (Lipinski definition) is 2. The monoisotopic (exact) mass is 371 g/mol. The summed E-state index contributed by atoms with van der Waals surface area (Å²) in [6.07, 6.45) is -0.0775. The lowest BCUT2D eigenvalue weighted by molar-refractivity contribution is -0.141. The summed E-state index contributed by atoms with van der Waals surface area (Å²) in [6, 6.07) is -1.82. The average Bonchev–Trinajstić information content (AvgIpc) is 2.43. The molecule has 0 bridgehead atoms. The minimum atomic E-state index is -0.949. The zero-order valence-electron chi connectivity index (χ0n) is 17.6. The van der Waals surface area contributed by atoms with Crippen LogP contribution in [-0.2, 0) is 14.3 Å². The molecular weight excluding hydrogens is 334 g/mol. The Morgan fingerprint density at radius 3 is 1.92 bits per heavy atom. The minimum Gasteiger partial charge on any atom is -0.443 e. The molecule has 0 aromatic rings. The van der Waals surface area contributed by atoms with E-state index >= 15 is 0 Å². The summed E-state index contributed by atoms with van der Waals surface area (Å²) in [5.74, 6) is -0.675. The van der Waals surface area contributed by atoms with Crippen molar-refractivity contribution in [3.8, 4) is 0 Å². The van der Waals surface area contributed by atoms with Gasteiger partial charge in [0.1, 0.15) is 11.6 Å². The lowest BCUT2D eigenvalue weighted by Crippen LogP contribution is -2.58. The third-order valence-corrected chi connectivity index (χ3v) is 3.53. The molecule has 0 rings (SSSR count). The van der Waals surface area contributed by atoms with Crippen molar-refractivity contribution < 1.29 is 19.1 Å². The van der Waals surface area contributed by atoms with Crippen LogP contribution < -0.4 is 11.1 Å². The third kappa shape index (κ3) is 8.65. The van der Waals surface area contributed by atoms with E-state index in [1.807, 2.05) is 27.7 Å². The van der Waals surface area contributed by atoms with Gasteiger partial charge < -0.3 is 15.8 Å². The number of nitrogens with two attached hydrogens (primary N) is 1. The van der Waals surface area contributed by atoms with Crippen LogP contribution in [-0.4, -0.2) is 47.0 Å². The van der Waals surface area contributed by atoms with E-state index in [2.05, 4.69) is 5.32 Å². The molecule has 0 saturated carbocycles. The number of nitrogens with one attached hydrogen (secondary N) is 1. The summed E-state index contributed by atoms with van der Waals surface area (Å²) in [5.41, 5.74) is 5.24. The van der Waals surface area contributed by atoms with E-state index in [0.717, 1.165) is 4.90 Å². The summed E-state index contributed by atoms with van der Waals surface area (Å²) in [7, 11) is 0. The number of carbonyl (C=O) groups is 3. The van der Waals surface area contributed by atoms with Crippen LogP contribution in [0.15, 0.2) is 0 Å². The first-order chi connectivity index (χ1) is 11.8. The zero-order valence-corrected chi connectivity index (χ0v) is 17.6. The van der Waals surface area contributed by atoms with Crippen molar-refractivity contribution in [3.05, 3.63) is 0 Å². The molecule has 2 atom stereocenters. The van der Waals surface area contributed by atoms with Gasteiger partial charge in [-0.2, -0.15) is 0 Å². The highest BCUT2D eigenvalue weighted by molar-refractivity contribution is 6.00. The minimum absolute atomic E-state index is 0.0988. The number of nitrogens with zero attached hydrogens (tertiary/aromatic N) is 1. The summed E-state index contributed by atoms with van der Waals surface area (Å²) in [6.45, 7) is 15.1. The Labute approximate surface area is 158 Å². The van der Waals surface area contributed by atoms with E-state index in [1.54, 1.807) is 27.7 Å². The summed E-state index contributed by atoms with van der Waals surface area (Å²) >= 11 is 0.